The maximum Gasteiger partial charge on any atom is 0.390 e. The highest BCUT2D eigenvalue weighted by atomic mass is 19.4. The molecular formula is C30H30F3N3O3. The summed E-state index contributed by atoms with van der Waals surface area (Å²) in [6.45, 7) is 3.74. The molecule has 0 saturated heterocycles. The second-order valence-corrected chi connectivity index (χ2v) is 10.4. The number of methoxy groups -OCH3 is 1. The summed E-state index contributed by atoms with van der Waals surface area (Å²) in [5, 5.41) is 2.87. The lowest BCUT2D eigenvalue weighted by molar-refractivity contribution is -0.131. The van der Waals surface area contributed by atoms with Crippen LogP contribution in [0, 0.1) is 12.3 Å². The van der Waals surface area contributed by atoms with Crippen molar-refractivity contribution in [3.8, 4) is 28.5 Å². The number of aryl methyl sites for hydroxylation is 1. The minimum absolute atomic E-state index is 0.124. The summed E-state index contributed by atoms with van der Waals surface area (Å²) in [6.07, 6.45) is 0.845. The van der Waals surface area contributed by atoms with Crippen molar-refractivity contribution < 1.29 is 27.4 Å². The zero-order valence-corrected chi connectivity index (χ0v) is 22.1. The third kappa shape index (κ3) is 6.19. The van der Waals surface area contributed by atoms with Gasteiger partial charge in [0.05, 0.1) is 37.3 Å². The lowest BCUT2D eigenvalue weighted by Gasteiger charge is -2.14. The van der Waals surface area contributed by atoms with E-state index < -0.39 is 12.6 Å². The van der Waals surface area contributed by atoms with Gasteiger partial charge in [0, 0.05) is 36.2 Å². The topological polar surface area (TPSA) is 64.9 Å². The number of carbonyl (C=O) groups is 1. The number of alkyl halides is 3. The van der Waals surface area contributed by atoms with Crippen LogP contribution in [0.4, 0.5) is 18.9 Å². The number of benzene rings is 2. The molecule has 1 N–H and O–H groups in total. The third-order valence-electron chi connectivity index (χ3n) is 7.09. The molecule has 2 heterocycles. The number of fused-ring (bicyclic) bond motifs is 1. The van der Waals surface area contributed by atoms with Gasteiger partial charge in [-0.25, -0.2) is 4.98 Å². The molecule has 0 spiro atoms. The van der Waals surface area contributed by atoms with Crippen LogP contribution in [-0.2, 0) is 0 Å². The van der Waals surface area contributed by atoms with E-state index in [2.05, 4.69) is 17.2 Å². The maximum absolute atomic E-state index is 12.9. The Morgan fingerprint density at radius 1 is 1.10 bits per heavy atom. The Morgan fingerprint density at radius 3 is 2.56 bits per heavy atom. The van der Waals surface area contributed by atoms with E-state index in [0.717, 1.165) is 29.7 Å². The first-order chi connectivity index (χ1) is 18.5. The van der Waals surface area contributed by atoms with Gasteiger partial charge in [-0.2, -0.15) is 13.2 Å². The van der Waals surface area contributed by atoms with Crippen molar-refractivity contribution in [3.63, 3.8) is 0 Å². The summed E-state index contributed by atoms with van der Waals surface area (Å²) in [5.74, 6) is 1.67. The Morgan fingerprint density at radius 2 is 1.87 bits per heavy atom. The number of ether oxygens (including phenoxy) is 2. The Labute approximate surface area is 224 Å². The van der Waals surface area contributed by atoms with Gasteiger partial charge >= 0.3 is 6.18 Å². The van der Waals surface area contributed by atoms with Crippen LogP contribution in [0.2, 0.25) is 0 Å². The molecule has 0 radical (unpaired) electrons. The normalized spacial score (nSPS) is 14.3. The van der Waals surface area contributed by atoms with E-state index in [0.29, 0.717) is 40.6 Å². The van der Waals surface area contributed by atoms with Crippen LogP contribution < -0.4 is 14.8 Å². The van der Waals surface area contributed by atoms with E-state index >= 15 is 0 Å². The highest BCUT2D eigenvalue weighted by molar-refractivity contribution is 5.98. The molecule has 6 nitrogen and oxygen atoms in total. The molecule has 2 aromatic heterocycles. The van der Waals surface area contributed by atoms with Gasteiger partial charge in [-0.05, 0) is 48.9 Å². The summed E-state index contributed by atoms with van der Waals surface area (Å²) in [6, 6.07) is 14.4. The predicted molar refractivity (Wildman–Crippen MR) is 144 cm³/mol. The summed E-state index contributed by atoms with van der Waals surface area (Å²) in [7, 11) is 1.55. The summed E-state index contributed by atoms with van der Waals surface area (Å²) < 4.78 is 51.6. The number of rotatable bonds is 10. The van der Waals surface area contributed by atoms with Gasteiger partial charge in [0.25, 0.3) is 0 Å². The highest BCUT2D eigenvalue weighted by Gasteiger charge is 2.39. The van der Waals surface area contributed by atoms with Crippen molar-refractivity contribution in [2.75, 3.05) is 19.0 Å². The number of nitrogens with zero attached hydrogens (tertiary/aromatic N) is 2. The van der Waals surface area contributed by atoms with Crippen LogP contribution in [0.3, 0.4) is 0 Å². The molecule has 2 aromatic carbocycles. The zero-order chi connectivity index (χ0) is 27.8. The van der Waals surface area contributed by atoms with E-state index in [4.69, 9.17) is 9.47 Å². The van der Waals surface area contributed by atoms with Crippen LogP contribution in [0.5, 0.6) is 17.2 Å². The Bertz CT molecular complexity index is 1520. The van der Waals surface area contributed by atoms with Crippen LogP contribution in [-0.4, -0.2) is 35.0 Å². The fourth-order valence-corrected chi connectivity index (χ4v) is 4.61. The number of hydrogen-bond donors (Lipinski definition) is 1. The second kappa shape index (κ2) is 10.3. The van der Waals surface area contributed by atoms with Crippen molar-refractivity contribution in [3.05, 3.63) is 72.1 Å². The number of pyridine rings is 1. The molecule has 0 atom stereocenters. The standard InChI is InChI=1S/C30H30F3N3O3/c1-19-13-20(7-8-24(19)27(37)16-29(2)9-10-29)26-17-35-28-25(34-12-11-30(31,32)33)15-23(18-36(26)28)39-22-6-4-5-21(14-22)38-3/h4-8,13-15,17-18,34H,9-12,16H2,1-3H3. The Kier molecular flexibility index (Phi) is 7.01. The first-order valence-electron chi connectivity index (χ1n) is 12.8. The van der Waals surface area contributed by atoms with E-state index in [-0.39, 0.29) is 17.7 Å². The largest absolute Gasteiger partial charge is 0.497 e. The number of anilines is 1. The van der Waals surface area contributed by atoms with Crippen LogP contribution in [0.1, 0.15) is 48.5 Å². The lowest BCUT2D eigenvalue weighted by Crippen LogP contribution is -2.15. The average molecular weight is 538 g/mol. The van der Waals surface area contributed by atoms with Gasteiger partial charge in [-0.1, -0.05) is 25.1 Å². The third-order valence-corrected chi connectivity index (χ3v) is 7.09. The van der Waals surface area contributed by atoms with E-state index in [9.17, 15) is 18.0 Å². The van der Waals surface area contributed by atoms with Gasteiger partial charge in [-0.15, -0.1) is 0 Å². The molecular weight excluding hydrogens is 507 g/mol. The fraction of sp³-hybridized carbons (Fsp3) is 0.333. The first kappa shape index (κ1) is 26.6. The number of carbonyl (C=O) groups excluding carboxylic acids is 1. The van der Waals surface area contributed by atoms with Gasteiger partial charge in [0.1, 0.15) is 17.2 Å². The summed E-state index contributed by atoms with van der Waals surface area (Å²) in [4.78, 5) is 17.4. The average Bonchev–Trinajstić information content (AvgIpc) is 3.44. The molecule has 1 fully saturated rings. The highest BCUT2D eigenvalue weighted by Crippen LogP contribution is 2.48. The zero-order valence-electron chi connectivity index (χ0n) is 22.1. The van der Waals surface area contributed by atoms with E-state index in [1.165, 1.54) is 0 Å². The maximum atomic E-state index is 12.9. The van der Waals surface area contributed by atoms with Crippen LogP contribution >= 0.6 is 0 Å². The molecule has 1 aliphatic carbocycles. The molecule has 0 amide bonds. The minimum atomic E-state index is -4.29. The monoisotopic (exact) mass is 537 g/mol. The molecule has 1 saturated carbocycles. The number of ketones is 1. The number of nitrogens with one attached hydrogen (secondary N) is 1. The summed E-state index contributed by atoms with van der Waals surface area (Å²) in [5.41, 5.74) is 4.11. The summed E-state index contributed by atoms with van der Waals surface area (Å²) >= 11 is 0. The Balaban J connectivity index is 1.50. The smallest absolute Gasteiger partial charge is 0.390 e. The van der Waals surface area contributed by atoms with Crippen molar-refractivity contribution in [1.29, 1.82) is 0 Å². The SMILES string of the molecule is COc1cccc(Oc2cc(NCCC(F)(F)F)c3ncc(-c4ccc(C(=O)CC5(C)CC5)c(C)c4)n3c2)c1. The van der Waals surface area contributed by atoms with E-state index in [1.807, 2.05) is 25.1 Å². The molecule has 39 heavy (non-hydrogen) atoms. The molecule has 0 unspecified atom stereocenters. The minimum Gasteiger partial charge on any atom is -0.497 e. The molecule has 204 valence electrons. The first-order valence-corrected chi connectivity index (χ1v) is 12.8. The van der Waals surface area contributed by atoms with Gasteiger partial charge in [0.2, 0.25) is 0 Å². The number of halogens is 3. The number of aromatic nitrogens is 2. The predicted octanol–water partition coefficient (Wildman–Crippen LogP) is 7.85. The number of imidazole rings is 1. The van der Waals surface area contributed by atoms with Crippen molar-refractivity contribution in [2.45, 2.75) is 45.7 Å². The number of Topliss-reactive ketones (excluding diaryl/α,β-unsaturated/α-hetero) is 1. The molecule has 4 aromatic rings. The molecule has 5 rings (SSSR count). The molecule has 9 heteroatoms. The van der Waals surface area contributed by atoms with E-state index in [1.54, 1.807) is 54.2 Å². The van der Waals surface area contributed by atoms with Crippen molar-refractivity contribution in [1.82, 2.24) is 9.38 Å². The van der Waals surface area contributed by atoms with Gasteiger partial charge in [0.15, 0.2) is 11.4 Å². The van der Waals surface area contributed by atoms with Gasteiger partial charge in [-0.3, -0.25) is 9.20 Å². The quantitative estimate of drug-likeness (QED) is 0.209. The fourth-order valence-electron chi connectivity index (χ4n) is 4.61. The molecule has 0 aliphatic heterocycles. The van der Waals surface area contributed by atoms with Gasteiger partial charge < -0.3 is 14.8 Å². The van der Waals surface area contributed by atoms with Crippen LogP contribution in [0.25, 0.3) is 16.9 Å². The van der Waals surface area contributed by atoms with Crippen molar-refractivity contribution in [2.24, 2.45) is 5.41 Å². The second-order valence-electron chi connectivity index (χ2n) is 10.4. The number of hydrogen-bond acceptors (Lipinski definition) is 5. The van der Waals surface area contributed by atoms with Crippen LogP contribution in [0.15, 0.2) is 60.9 Å². The molecule has 0 bridgehead atoms. The Hall–Kier alpha value is -4.01. The van der Waals surface area contributed by atoms with Crippen molar-refractivity contribution >= 4 is 17.1 Å². The lowest BCUT2D eigenvalue weighted by atomic mass is 9.93. The molecule has 1 aliphatic rings.